The Morgan fingerprint density at radius 3 is 2.64 bits per heavy atom. The molecule has 10 nitrogen and oxygen atoms in total. The van der Waals surface area contributed by atoms with E-state index in [9.17, 15) is 22.8 Å². The molecule has 3 rings (SSSR count). The molecule has 0 bridgehead atoms. The molecule has 1 aliphatic rings. The van der Waals surface area contributed by atoms with Gasteiger partial charge >= 0.3 is 0 Å². The van der Waals surface area contributed by atoms with Gasteiger partial charge in [0, 0.05) is 12.5 Å². The first-order valence-corrected chi connectivity index (χ1v) is 10.0. The molecule has 0 aliphatic carbocycles. The Labute approximate surface area is 164 Å². The highest BCUT2D eigenvalue weighted by molar-refractivity contribution is 7.94. The van der Waals surface area contributed by atoms with Crippen LogP contribution < -0.4 is 14.9 Å². The number of anilines is 2. The maximum atomic E-state index is 12.2. The second kappa shape index (κ2) is 7.60. The van der Waals surface area contributed by atoms with E-state index >= 15 is 0 Å². The van der Waals surface area contributed by atoms with Crippen LogP contribution >= 0.6 is 11.6 Å². The van der Waals surface area contributed by atoms with Crippen LogP contribution in [0, 0.1) is 6.92 Å². The normalized spacial score (nSPS) is 15.5. The average molecular weight is 427 g/mol. The van der Waals surface area contributed by atoms with E-state index in [0.717, 1.165) is 0 Å². The van der Waals surface area contributed by atoms with Crippen molar-refractivity contribution < 1.29 is 27.3 Å². The lowest BCUT2D eigenvalue weighted by Crippen LogP contribution is -2.33. The second-order valence-electron chi connectivity index (χ2n) is 5.94. The molecule has 3 amide bonds. The summed E-state index contributed by atoms with van der Waals surface area (Å²) in [6, 6.07) is 5.32. The number of carbonyl (C=O) groups excluding carboxylic acids is 3. The fourth-order valence-corrected chi connectivity index (χ4v) is 4.26. The molecule has 1 saturated heterocycles. The molecule has 28 heavy (non-hydrogen) atoms. The lowest BCUT2D eigenvalue weighted by Gasteiger charge is -2.16. The summed E-state index contributed by atoms with van der Waals surface area (Å²) in [5.41, 5.74) is 0.0859. The fraction of sp³-hybridized carbons (Fsp3) is 0.250. The molecule has 0 atom stereocenters. The summed E-state index contributed by atoms with van der Waals surface area (Å²) in [7, 11) is -3.73. The lowest BCUT2D eigenvalue weighted by atomic mass is 10.2. The first-order chi connectivity index (χ1) is 13.2. The number of sulfonamides is 1. The number of carbonyl (C=O) groups is 3. The highest BCUT2D eigenvalue weighted by Gasteiger charge is 2.36. The van der Waals surface area contributed by atoms with E-state index in [1.165, 1.54) is 24.3 Å². The van der Waals surface area contributed by atoms with Crippen LogP contribution in [0.1, 0.15) is 22.5 Å². The Bertz CT molecular complexity index is 1060. The van der Waals surface area contributed by atoms with Crippen LogP contribution in [0.4, 0.5) is 11.5 Å². The Hall–Kier alpha value is -2.92. The molecule has 1 aromatic carbocycles. The maximum Gasteiger partial charge on any atom is 0.253 e. The zero-order chi connectivity index (χ0) is 20.5. The molecule has 2 N–H and O–H groups in total. The highest BCUT2D eigenvalue weighted by Crippen LogP contribution is 2.29. The summed E-state index contributed by atoms with van der Waals surface area (Å²) in [6.07, 6.45) is -0.109. The number of hydrogen-bond donors (Lipinski definition) is 2. The van der Waals surface area contributed by atoms with Crippen molar-refractivity contribution in [3.8, 4) is 0 Å². The van der Waals surface area contributed by atoms with Gasteiger partial charge in [0.15, 0.2) is 5.82 Å². The number of rotatable bonds is 5. The number of aromatic nitrogens is 1. The number of hydrogen-bond acceptors (Lipinski definition) is 7. The molecule has 0 radical (unpaired) electrons. The van der Waals surface area contributed by atoms with E-state index in [0.29, 0.717) is 10.1 Å². The van der Waals surface area contributed by atoms with Crippen molar-refractivity contribution in [2.75, 3.05) is 21.9 Å². The maximum absolute atomic E-state index is 12.2. The van der Waals surface area contributed by atoms with E-state index in [1.54, 1.807) is 6.92 Å². The zero-order valence-corrected chi connectivity index (χ0v) is 16.1. The minimum atomic E-state index is -3.73. The number of benzene rings is 1. The van der Waals surface area contributed by atoms with Crippen LogP contribution in [0.3, 0.4) is 0 Å². The quantitative estimate of drug-likeness (QED) is 0.728. The van der Waals surface area contributed by atoms with Crippen molar-refractivity contribution in [1.29, 1.82) is 0 Å². The summed E-state index contributed by atoms with van der Waals surface area (Å²) >= 11 is 6.07. The van der Waals surface area contributed by atoms with Gasteiger partial charge < -0.3 is 15.2 Å². The topological polar surface area (TPSA) is 139 Å². The van der Waals surface area contributed by atoms with Crippen molar-refractivity contribution in [3.05, 3.63) is 40.6 Å². The van der Waals surface area contributed by atoms with E-state index < -0.39 is 27.7 Å². The fourth-order valence-electron chi connectivity index (χ4n) is 2.55. The van der Waals surface area contributed by atoms with E-state index in [2.05, 4.69) is 15.8 Å². The Balaban J connectivity index is 1.66. The van der Waals surface area contributed by atoms with Crippen molar-refractivity contribution in [2.45, 2.75) is 13.3 Å². The Morgan fingerprint density at radius 1 is 1.32 bits per heavy atom. The first kappa shape index (κ1) is 19.8. The minimum Gasteiger partial charge on any atom is -0.360 e. The highest BCUT2D eigenvalue weighted by atomic mass is 35.5. The van der Waals surface area contributed by atoms with E-state index in [4.69, 9.17) is 16.1 Å². The molecule has 2 heterocycles. The summed E-state index contributed by atoms with van der Waals surface area (Å²) < 4.78 is 29.4. The minimum absolute atomic E-state index is 0.0274. The summed E-state index contributed by atoms with van der Waals surface area (Å²) in [5.74, 6) is -1.26. The van der Waals surface area contributed by atoms with Crippen LogP contribution in [0.15, 0.2) is 28.8 Å². The van der Waals surface area contributed by atoms with Crippen LogP contribution in [-0.4, -0.2) is 43.6 Å². The molecular weight excluding hydrogens is 412 g/mol. The number of nitrogens with one attached hydrogen (secondary N) is 2. The number of amides is 3. The van der Waals surface area contributed by atoms with Gasteiger partial charge in [-0.05, 0) is 25.1 Å². The summed E-state index contributed by atoms with van der Waals surface area (Å²) in [6.45, 7) is 1.32. The van der Waals surface area contributed by atoms with E-state index in [-0.39, 0.29) is 40.8 Å². The van der Waals surface area contributed by atoms with Gasteiger partial charge in [-0.3, -0.25) is 14.4 Å². The second-order valence-corrected chi connectivity index (χ2v) is 8.29. The average Bonchev–Trinajstić information content (AvgIpc) is 3.14. The van der Waals surface area contributed by atoms with Crippen LogP contribution in [-0.2, 0) is 19.6 Å². The molecule has 1 aliphatic heterocycles. The Morgan fingerprint density at radius 2 is 2.07 bits per heavy atom. The smallest absolute Gasteiger partial charge is 0.253 e. The van der Waals surface area contributed by atoms with Gasteiger partial charge in [0.05, 0.1) is 28.6 Å². The van der Waals surface area contributed by atoms with Crippen molar-refractivity contribution >= 4 is 50.9 Å². The standard InChI is InChI=1S/C16H15ClN4O6S/c1-9-6-13(20-27-9)19-14(22)8-18-16(24)11-3-2-10(7-12(11)17)21-15(23)4-5-28(21,25)26/h2-3,6-7H,4-5,8H2,1H3,(H,18,24)(H,19,20,22). The monoisotopic (exact) mass is 426 g/mol. The molecule has 1 fully saturated rings. The van der Waals surface area contributed by atoms with Gasteiger partial charge in [-0.15, -0.1) is 0 Å². The van der Waals surface area contributed by atoms with Crippen molar-refractivity contribution in [2.24, 2.45) is 0 Å². The molecule has 0 spiro atoms. The molecule has 1 aromatic heterocycles. The molecule has 2 aromatic rings. The largest absolute Gasteiger partial charge is 0.360 e. The van der Waals surface area contributed by atoms with Crippen LogP contribution in [0.25, 0.3) is 0 Å². The number of aryl methyl sites for hydroxylation is 1. The van der Waals surface area contributed by atoms with Gasteiger partial charge in [-0.1, -0.05) is 16.8 Å². The molecule has 148 valence electrons. The van der Waals surface area contributed by atoms with Crippen molar-refractivity contribution in [3.63, 3.8) is 0 Å². The van der Waals surface area contributed by atoms with Crippen LogP contribution in [0.2, 0.25) is 5.02 Å². The third-order valence-corrected chi connectivity index (χ3v) is 5.82. The zero-order valence-electron chi connectivity index (χ0n) is 14.6. The summed E-state index contributed by atoms with van der Waals surface area (Å²) in [5, 5.41) is 8.37. The van der Waals surface area contributed by atoms with Gasteiger partial charge in [0.25, 0.3) is 5.91 Å². The number of halogens is 1. The third-order valence-electron chi connectivity index (χ3n) is 3.82. The van der Waals surface area contributed by atoms with Gasteiger partial charge in [0.1, 0.15) is 5.76 Å². The molecule has 12 heteroatoms. The first-order valence-electron chi connectivity index (χ1n) is 8.04. The predicted octanol–water partition coefficient (Wildman–Crippen LogP) is 1.07. The lowest BCUT2D eigenvalue weighted by molar-refractivity contribution is -0.116. The SMILES string of the molecule is Cc1cc(NC(=O)CNC(=O)c2ccc(N3C(=O)CCS3(=O)=O)cc2Cl)no1. The summed E-state index contributed by atoms with van der Waals surface area (Å²) in [4.78, 5) is 35.9. The third kappa shape index (κ3) is 4.15. The molecular formula is C16H15ClN4O6S. The van der Waals surface area contributed by atoms with Gasteiger partial charge in [0.2, 0.25) is 21.8 Å². The van der Waals surface area contributed by atoms with E-state index in [1.807, 2.05) is 0 Å². The Kier molecular flexibility index (Phi) is 5.38. The van der Waals surface area contributed by atoms with Gasteiger partial charge in [-0.2, -0.15) is 0 Å². The number of nitrogens with zero attached hydrogens (tertiary/aromatic N) is 2. The van der Waals surface area contributed by atoms with Crippen molar-refractivity contribution in [1.82, 2.24) is 10.5 Å². The van der Waals surface area contributed by atoms with Gasteiger partial charge in [-0.25, -0.2) is 12.7 Å². The predicted molar refractivity (Wildman–Crippen MR) is 99.5 cm³/mol. The molecule has 0 saturated carbocycles. The van der Waals surface area contributed by atoms with Crippen LogP contribution in [0.5, 0.6) is 0 Å². The molecule has 0 unspecified atom stereocenters.